The van der Waals surface area contributed by atoms with Crippen molar-refractivity contribution in [1.29, 1.82) is 0 Å². The number of hydrogen-bond donors (Lipinski definition) is 2. The van der Waals surface area contributed by atoms with Crippen LogP contribution in [0.3, 0.4) is 0 Å². The maximum Gasteiger partial charge on any atom is 0.286 e. The predicted octanol–water partition coefficient (Wildman–Crippen LogP) is -0.832. The molecule has 0 saturated heterocycles. The Morgan fingerprint density at radius 1 is 1.50 bits per heavy atom. The standard InChI is InChI=1S/C6H12N2O2/c1-2-3-4(7)5(9)6(8)10/h4H,2-3,7H2,1H3,(H2,8,10)/t4-/m0/s1. The summed E-state index contributed by atoms with van der Waals surface area (Å²) in [7, 11) is 0. The molecule has 0 bridgehead atoms. The van der Waals surface area contributed by atoms with E-state index in [0.717, 1.165) is 6.42 Å². The fraction of sp³-hybridized carbons (Fsp3) is 0.667. The second-order valence-corrected chi connectivity index (χ2v) is 2.12. The average Bonchev–Trinajstić information content (AvgIpc) is 1.87. The minimum absolute atomic E-state index is 0.516. The number of Topliss-reactive ketones (excluding diaryl/α,β-unsaturated/α-hetero) is 1. The summed E-state index contributed by atoms with van der Waals surface area (Å²) in [6.07, 6.45) is 1.29. The fourth-order valence-electron chi connectivity index (χ4n) is 0.625. The molecule has 4 nitrogen and oxygen atoms in total. The summed E-state index contributed by atoms with van der Waals surface area (Å²) in [5.74, 6) is -1.62. The van der Waals surface area contributed by atoms with Crippen LogP contribution in [0.15, 0.2) is 0 Å². The van der Waals surface area contributed by atoms with Gasteiger partial charge in [0.2, 0.25) is 5.78 Å². The monoisotopic (exact) mass is 144 g/mol. The summed E-state index contributed by atoms with van der Waals surface area (Å²) in [6, 6.07) is -0.706. The first-order chi connectivity index (χ1) is 4.59. The third kappa shape index (κ3) is 2.59. The molecule has 0 unspecified atom stereocenters. The fourth-order valence-corrected chi connectivity index (χ4v) is 0.625. The molecule has 0 fully saturated rings. The van der Waals surface area contributed by atoms with Gasteiger partial charge in [0.15, 0.2) is 0 Å². The predicted molar refractivity (Wildman–Crippen MR) is 37.1 cm³/mol. The summed E-state index contributed by atoms with van der Waals surface area (Å²) in [5, 5.41) is 0. The van der Waals surface area contributed by atoms with Gasteiger partial charge in [0.25, 0.3) is 5.91 Å². The highest BCUT2D eigenvalue weighted by Gasteiger charge is 2.17. The van der Waals surface area contributed by atoms with Crippen LogP contribution in [0.5, 0.6) is 0 Å². The average molecular weight is 144 g/mol. The van der Waals surface area contributed by atoms with E-state index in [9.17, 15) is 9.59 Å². The van der Waals surface area contributed by atoms with E-state index < -0.39 is 17.7 Å². The van der Waals surface area contributed by atoms with Crippen molar-refractivity contribution in [2.75, 3.05) is 0 Å². The minimum atomic E-state index is -0.944. The van der Waals surface area contributed by atoms with Crippen LogP contribution >= 0.6 is 0 Å². The van der Waals surface area contributed by atoms with E-state index in [4.69, 9.17) is 11.5 Å². The molecule has 4 N–H and O–H groups in total. The van der Waals surface area contributed by atoms with Gasteiger partial charge in [0.1, 0.15) is 0 Å². The number of hydrogen-bond acceptors (Lipinski definition) is 3. The number of ketones is 1. The molecule has 0 aromatic rings. The molecule has 58 valence electrons. The van der Waals surface area contributed by atoms with Gasteiger partial charge in [-0.1, -0.05) is 13.3 Å². The quantitative estimate of drug-likeness (QED) is 0.505. The van der Waals surface area contributed by atoms with E-state index in [1.54, 1.807) is 0 Å². The molecule has 0 rings (SSSR count). The summed E-state index contributed by atoms with van der Waals surface area (Å²) in [4.78, 5) is 20.8. The van der Waals surface area contributed by atoms with Crippen LogP contribution in [-0.4, -0.2) is 17.7 Å². The molecule has 10 heavy (non-hydrogen) atoms. The lowest BCUT2D eigenvalue weighted by atomic mass is 10.1. The Hall–Kier alpha value is -0.900. The SMILES string of the molecule is CCC[C@H](N)C(=O)C(N)=O. The molecule has 0 aliphatic rings. The molecule has 0 aliphatic carbocycles. The van der Waals surface area contributed by atoms with Crippen molar-refractivity contribution < 1.29 is 9.59 Å². The zero-order valence-corrected chi connectivity index (χ0v) is 5.96. The van der Waals surface area contributed by atoms with Gasteiger partial charge < -0.3 is 11.5 Å². The third-order valence-corrected chi connectivity index (χ3v) is 1.18. The van der Waals surface area contributed by atoms with Gasteiger partial charge in [-0.2, -0.15) is 0 Å². The number of rotatable bonds is 4. The third-order valence-electron chi connectivity index (χ3n) is 1.18. The Morgan fingerprint density at radius 2 is 2.00 bits per heavy atom. The molecule has 0 aromatic carbocycles. The van der Waals surface area contributed by atoms with Crippen LogP contribution in [0.25, 0.3) is 0 Å². The Bertz CT molecular complexity index is 145. The first-order valence-corrected chi connectivity index (χ1v) is 3.18. The van der Waals surface area contributed by atoms with Gasteiger partial charge in [0.05, 0.1) is 6.04 Å². The van der Waals surface area contributed by atoms with E-state index in [-0.39, 0.29) is 0 Å². The Kier molecular flexibility index (Phi) is 3.64. The van der Waals surface area contributed by atoms with Crippen LogP contribution in [0.4, 0.5) is 0 Å². The number of amides is 1. The van der Waals surface area contributed by atoms with Crippen molar-refractivity contribution in [3.8, 4) is 0 Å². The molecule has 0 saturated carbocycles. The van der Waals surface area contributed by atoms with Crippen LogP contribution in [-0.2, 0) is 9.59 Å². The van der Waals surface area contributed by atoms with Gasteiger partial charge in [0, 0.05) is 0 Å². The molecule has 4 heteroatoms. The lowest BCUT2D eigenvalue weighted by Crippen LogP contribution is -2.39. The van der Waals surface area contributed by atoms with Gasteiger partial charge in [-0.05, 0) is 6.42 Å². The van der Waals surface area contributed by atoms with Gasteiger partial charge in [-0.3, -0.25) is 9.59 Å². The van der Waals surface area contributed by atoms with E-state index in [1.807, 2.05) is 6.92 Å². The van der Waals surface area contributed by atoms with Gasteiger partial charge in [-0.25, -0.2) is 0 Å². The Morgan fingerprint density at radius 3 is 2.30 bits per heavy atom. The lowest BCUT2D eigenvalue weighted by molar-refractivity contribution is -0.136. The molecule has 0 heterocycles. The molecule has 0 aromatic heterocycles. The molecular weight excluding hydrogens is 132 g/mol. The van der Waals surface area contributed by atoms with Crippen molar-refractivity contribution in [3.05, 3.63) is 0 Å². The summed E-state index contributed by atoms with van der Waals surface area (Å²) in [5.41, 5.74) is 9.98. The van der Waals surface area contributed by atoms with E-state index >= 15 is 0 Å². The largest absolute Gasteiger partial charge is 0.363 e. The first-order valence-electron chi connectivity index (χ1n) is 3.18. The van der Waals surface area contributed by atoms with Crippen molar-refractivity contribution >= 4 is 11.7 Å². The van der Waals surface area contributed by atoms with Crippen LogP contribution in [0.1, 0.15) is 19.8 Å². The highest BCUT2D eigenvalue weighted by Crippen LogP contribution is 1.93. The summed E-state index contributed by atoms with van der Waals surface area (Å²) < 4.78 is 0. The first kappa shape index (κ1) is 9.10. The molecule has 0 aliphatic heterocycles. The smallest absolute Gasteiger partial charge is 0.286 e. The zero-order valence-electron chi connectivity index (χ0n) is 5.96. The highest BCUT2D eigenvalue weighted by molar-refractivity contribution is 6.37. The van der Waals surface area contributed by atoms with Crippen LogP contribution in [0, 0.1) is 0 Å². The highest BCUT2D eigenvalue weighted by atomic mass is 16.2. The second kappa shape index (κ2) is 4.00. The van der Waals surface area contributed by atoms with Crippen molar-refractivity contribution in [1.82, 2.24) is 0 Å². The van der Waals surface area contributed by atoms with Crippen LogP contribution in [0.2, 0.25) is 0 Å². The lowest BCUT2D eigenvalue weighted by Gasteiger charge is -2.04. The summed E-state index contributed by atoms with van der Waals surface area (Å²) >= 11 is 0. The number of carbonyl (C=O) groups excluding carboxylic acids is 2. The maximum atomic E-state index is 10.6. The summed E-state index contributed by atoms with van der Waals surface area (Å²) in [6.45, 7) is 1.88. The van der Waals surface area contributed by atoms with Gasteiger partial charge >= 0.3 is 0 Å². The van der Waals surface area contributed by atoms with E-state index in [1.165, 1.54) is 0 Å². The second-order valence-electron chi connectivity index (χ2n) is 2.12. The number of carbonyl (C=O) groups is 2. The van der Waals surface area contributed by atoms with E-state index in [2.05, 4.69) is 0 Å². The number of nitrogens with two attached hydrogens (primary N) is 2. The van der Waals surface area contributed by atoms with Crippen molar-refractivity contribution in [3.63, 3.8) is 0 Å². The molecule has 0 radical (unpaired) electrons. The van der Waals surface area contributed by atoms with Crippen LogP contribution < -0.4 is 11.5 Å². The van der Waals surface area contributed by atoms with Crippen molar-refractivity contribution in [2.24, 2.45) is 11.5 Å². The normalized spacial score (nSPS) is 12.6. The maximum absolute atomic E-state index is 10.6. The van der Waals surface area contributed by atoms with E-state index in [0.29, 0.717) is 6.42 Å². The van der Waals surface area contributed by atoms with Crippen molar-refractivity contribution in [2.45, 2.75) is 25.8 Å². The molecule has 1 atom stereocenters. The topological polar surface area (TPSA) is 86.2 Å². The zero-order chi connectivity index (χ0) is 8.15. The molecule has 1 amide bonds. The Balaban J connectivity index is 3.82. The molecular formula is C6H12N2O2. The van der Waals surface area contributed by atoms with Gasteiger partial charge in [-0.15, -0.1) is 0 Å². The molecule has 0 spiro atoms. The Labute approximate surface area is 59.6 Å². The minimum Gasteiger partial charge on any atom is -0.363 e. The number of primary amides is 1.